The van der Waals surface area contributed by atoms with Gasteiger partial charge in [-0.1, -0.05) is 67.1 Å². The molecule has 1 amide bonds. The number of amides is 1. The number of carbonyl (C=O) groups is 1. The Morgan fingerprint density at radius 3 is 1.98 bits per heavy atom. The summed E-state index contributed by atoms with van der Waals surface area (Å²) < 4.78 is 33.5. The zero-order valence-corrected chi connectivity index (χ0v) is 24.1. The van der Waals surface area contributed by atoms with Crippen LogP contribution < -0.4 is 4.74 Å². The lowest BCUT2D eigenvalue weighted by molar-refractivity contribution is -0.133. The summed E-state index contributed by atoms with van der Waals surface area (Å²) in [6.07, 6.45) is 3.59. The number of piperidine rings is 1. The molecule has 0 N–H and O–H groups in total. The summed E-state index contributed by atoms with van der Waals surface area (Å²) in [5.41, 5.74) is 3.25. The number of hydrogen-bond donors (Lipinski definition) is 0. The van der Waals surface area contributed by atoms with E-state index in [9.17, 15) is 13.2 Å². The van der Waals surface area contributed by atoms with E-state index < -0.39 is 10.0 Å². The molecule has 2 fully saturated rings. The fourth-order valence-corrected chi connectivity index (χ4v) is 7.45. The second-order valence-corrected chi connectivity index (χ2v) is 12.5. The Bertz CT molecular complexity index is 1330. The van der Waals surface area contributed by atoms with Gasteiger partial charge in [0.15, 0.2) is 0 Å². The van der Waals surface area contributed by atoms with E-state index in [4.69, 9.17) is 4.74 Å². The van der Waals surface area contributed by atoms with Crippen LogP contribution in [0, 0.1) is 0 Å². The van der Waals surface area contributed by atoms with Crippen molar-refractivity contribution in [2.75, 3.05) is 46.4 Å². The third-order valence-corrected chi connectivity index (χ3v) is 9.97. The normalized spacial score (nSPS) is 17.2. The van der Waals surface area contributed by atoms with E-state index in [2.05, 4.69) is 53.4 Å². The van der Waals surface area contributed by atoms with Crippen LogP contribution in [-0.4, -0.2) is 74.8 Å². The fourth-order valence-electron chi connectivity index (χ4n) is 5.88. The molecular weight excluding hydrogens is 522 g/mol. The molecular formula is C32H39N3O4S. The van der Waals surface area contributed by atoms with E-state index in [0.29, 0.717) is 44.8 Å². The molecule has 0 spiro atoms. The first-order valence-corrected chi connectivity index (χ1v) is 15.7. The molecule has 2 heterocycles. The lowest BCUT2D eigenvalue weighted by atomic mass is 9.96. The first-order chi connectivity index (χ1) is 19.5. The summed E-state index contributed by atoms with van der Waals surface area (Å²) in [7, 11) is -1.97. The molecule has 40 heavy (non-hydrogen) atoms. The summed E-state index contributed by atoms with van der Waals surface area (Å²) in [5.74, 6) is 0.700. The molecule has 3 aromatic carbocycles. The Morgan fingerprint density at radius 2 is 1.40 bits per heavy atom. The number of aryl methyl sites for hydroxylation is 1. The molecule has 212 valence electrons. The predicted molar refractivity (Wildman–Crippen MR) is 157 cm³/mol. The van der Waals surface area contributed by atoms with E-state index in [1.54, 1.807) is 29.6 Å². The second kappa shape index (κ2) is 13.0. The number of carbonyl (C=O) groups excluding carboxylic acids is 1. The van der Waals surface area contributed by atoms with Crippen molar-refractivity contribution in [2.45, 2.75) is 43.0 Å². The van der Waals surface area contributed by atoms with E-state index in [1.165, 1.54) is 11.1 Å². The molecule has 0 unspecified atom stereocenters. The molecule has 0 aromatic heterocycles. The van der Waals surface area contributed by atoms with Gasteiger partial charge in [0.1, 0.15) is 5.75 Å². The highest BCUT2D eigenvalue weighted by Gasteiger charge is 2.29. The van der Waals surface area contributed by atoms with Gasteiger partial charge in [0.25, 0.3) is 0 Å². The van der Waals surface area contributed by atoms with Gasteiger partial charge in [0.2, 0.25) is 15.9 Å². The SMILES string of the molecule is COc1ccc(S(=O)(=O)N2CCCCC2)cc1CCC(=O)N1CCN(C(c2ccccc2)c2ccccc2)CC1. The number of sulfonamides is 1. The molecule has 8 heteroatoms. The molecule has 5 rings (SSSR count). The van der Waals surface area contributed by atoms with Gasteiger partial charge in [0.05, 0.1) is 18.0 Å². The highest BCUT2D eigenvalue weighted by atomic mass is 32.2. The topological polar surface area (TPSA) is 70.2 Å². The van der Waals surface area contributed by atoms with Crippen LogP contribution in [0.5, 0.6) is 5.75 Å². The van der Waals surface area contributed by atoms with E-state index >= 15 is 0 Å². The Kier molecular flexibility index (Phi) is 9.19. The largest absolute Gasteiger partial charge is 0.496 e. The lowest BCUT2D eigenvalue weighted by Gasteiger charge is -2.40. The third-order valence-electron chi connectivity index (χ3n) is 8.08. The van der Waals surface area contributed by atoms with Crippen molar-refractivity contribution < 1.29 is 17.9 Å². The smallest absolute Gasteiger partial charge is 0.243 e. The highest BCUT2D eigenvalue weighted by Crippen LogP contribution is 2.30. The summed E-state index contributed by atoms with van der Waals surface area (Å²) in [5, 5.41) is 0. The van der Waals surface area contributed by atoms with E-state index in [0.717, 1.165) is 37.9 Å². The molecule has 0 saturated carbocycles. The van der Waals surface area contributed by atoms with Gasteiger partial charge in [-0.3, -0.25) is 9.69 Å². The molecule has 2 aliphatic rings. The zero-order valence-electron chi connectivity index (χ0n) is 23.2. The minimum atomic E-state index is -3.55. The van der Waals surface area contributed by atoms with Gasteiger partial charge in [-0.05, 0) is 54.2 Å². The van der Waals surface area contributed by atoms with Crippen LogP contribution >= 0.6 is 0 Å². The van der Waals surface area contributed by atoms with Crippen LogP contribution in [0.4, 0.5) is 0 Å². The van der Waals surface area contributed by atoms with Gasteiger partial charge in [0, 0.05) is 45.7 Å². The van der Waals surface area contributed by atoms with E-state index in [1.807, 2.05) is 17.0 Å². The van der Waals surface area contributed by atoms with Gasteiger partial charge < -0.3 is 9.64 Å². The zero-order chi connectivity index (χ0) is 28.0. The predicted octanol–water partition coefficient (Wildman–Crippen LogP) is 4.74. The molecule has 0 atom stereocenters. The number of ether oxygens (including phenoxy) is 1. The van der Waals surface area contributed by atoms with Crippen molar-refractivity contribution in [1.29, 1.82) is 0 Å². The maximum Gasteiger partial charge on any atom is 0.243 e. The molecule has 0 radical (unpaired) electrons. The number of hydrogen-bond acceptors (Lipinski definition) is 5. The Labute approximate surface area is 238 Å². The van der Waals surface area contributed by atoms with Crippen molar-refractivity contribution in [1.82, 2.24) is 14.1 Å². The van der Waals surface area contributed by atoms with Crippen LogP contribution in [0.2, 0.25) is 0 Å². The summed E-state index contributed by atoms with van der Waals surface area (Å²) >= 11 is 0. The van der Waals surface area contributed by atoms with Crippen molar-refractivity contribution >= 4 is 15.9 Å². The molecule has 7 nitrogen and oxygen atoms in total. The summed E-state index contributed by atoms with van der Waals surface area (Å²) in [6.45, 7) is 4.01. The number of nitrogens with zero attached hydrogens (tertiary/aromatic N) is 3. The average molecular weight is 562 g/mol. The van der Waals surface area contributed by atoms with Crippen LogP contribution in [-0.2, 0) is 21.2 Å². The van der Waals surface area contributed by atoms with Crippen LogP contribution in [0.25, 0.3) is 0 Å². The van der Waals surface area contributed by atoms with Gasteiger partial charge in [-0.2, -0.15) is 4.31 Å². The fraction of sp³-hybridized carbons (Fsp3) is 0.406. The van der Waals surface area contributed by atoms with Gasteiger partial charge >= 0.3 is 0 Å². The van der Waals surface area contributed by atoms with Crippen molar-refractivity contribution in [2.24, 2.45) is 0 Å². The number of rotatable bonds is 9. The maximum atomic E-state index is 13.3. The lowest BCUT2D eigenvalue weighted by Crippen LogP contribution is -2.49. The van der Waals surface area contributed by atoms with Crippen molar-refractivity contribution in [3.8, 4) is 5.75 Å². The minimum Gasteiger partial charge on any atom is -0.496 e. The standard InChI is InChI=1S/C32H39N3O4S/c1-39-30-17-16-29(40(37,38)35-19-9-4-10-20-35)25-28(30)15-18-31(36)33-21-23-34(24-22-33)32(26-11-5-2-6-12-26)27-13-7-3-8-14-27/h2-3,5-8,11-14,16-17,25,32H,4,9-10,15,18-24H2,1H3. The molecule has 2 saturated heterocycles. The molecule has 0 aliphatic carbocycles. The maximum absolute atomic E-state index is 13.3. The van der Waals surface area contributed by atoms with Crippen LogP contribution in [0.3, 0.4) is 0 Å². The quantitative estimate of drug-likeness (QED) is 0.378. The number of benzene rings is 3. The summed E-state index contributed by atoms with van der Waals surface area (Å²) in [4.78, 5) is 17.9. The first-order valence-electron chi connectivity index (χ1n) is 14.3. The second-order valence-electron chi connectivity index (χ2n) is 10.6. The van der Waals surface area contributed by atoms with Crippen LogP contribution in [0.1, 0.15) is 48.4 Å². The van der Waals surface area contributed by atoms with E-state index in [-0.39, 0.29) is 16.8 Å². The third kappa shape index (κ3) is 6.40. The monoisotopic (exact) mass is 561 g/mol. The number of methoxy groups -OCH3 is 1. The molecule has 2 aliphatic heterocycles. The minimum absolute atomic E-state index is 0.0852. The average Bonchev–Trinajstić information content (AvgIpc) is 3.01. The Hall–Kier alpha value is -3.20. The van der Waals surface area contributed by atoms with Crippen molar-refractivity contribution in [3.05, 3.63) is 95.6 Å². The Balaban J connectivity index is 1.23. The van der Waals surface area contributed by atoms with Gasteiger partial charge in [-0.15, -0.1) is 0 Å². The molecule has 0 bridgehead atoms. The number of piperazine rings is 1. The molecule has 3 aromatic rings. The first kappa shape index (κ1) is 28.3. The Morgan fingerprint density at radius 1 is 0.800 bits per heavy atom. The van der Waals surface area contributed by atoms with Gasteiger partial charge in [-0.25, -0.2) is 8.42 Å². The highest BCUT2D eigenvalue weighted by molar-refractivity contribution is 7.89. The van der Waals surface area contributed by atoms with Crippen LogP contribution in [0.15, 0.2) is 83.8 Å². The van der Waals surface area contributed by atoms with Crippen molar-refractivity contribution in [3.63, 3.8) is 0 Å². The summed E-state index contributed by atoms with van der Waals surface area (Å²) in [6, 6.07) is 26.2.